The maximum Gasteiger partial charge on any atom is 0.129 e. The zero-order chi connectivity index (χ0) is 11.2. The first kappa shape index (κ1) is 11.3. The molecule has 4 heteroatoms. The molecule has 0 spiro atoms. The largest absolute Gasteiger partial charge is 0.369 e. The van der Waals surface area contributed by atoms with Crippen LogP contribution in [0, 0.1) is 5.92 Å². The summed E-state index contributed by atoms with van der Waals surface area (Å²) >= 11 is 0. The summed E-state index contributed by atoms with van der Waals surface area (Å²) in [6.45, 7) is 6.90. The van der Waals surface area contributed by atoms with Crippen LogP contribution in [0.5, 0.6) is 0 Å². The van der Waals surface area contributed by atoms with Gasteiger partial charge >= 0.3 is 0 Å². The molecule has 1 N–H and O–H groups in total. The molecule has 1 aromatic rings. The number of piperidine rings is 1. The highest BCUT2D eigenvalue weighted by atomic mass is 15.1. The fraction of sp³-hybridized carbons (Fsp3) is 0.667. The van der Waals surface area contributed by atoms with Crippen LogP contribution in [0.25, 0.3) is 0 Å². The number of aromatic nitrogens is 2. The van der Waals surface area contributed by atoms with E-state index in [4.69, 9.17) is 0 Å². The molecule has 0 aliphatic carbocycles. The highest BCUT2D eigenvalue weighted by molar-refractivity contribution is 5.31. The Labute approximate surface area is 97.1 Å². The van der Waals surface area contributed by atoms with Crippen molar-refractivity contribution in [1.29, 1.82) is 0 Å². The van der Waals surface area contributed by atoms with Gasteiger partial charge in [-0.05, 0) is 37.9 Å². The van der Waals surface area contributed by atoms with Crippen LogP contribution in [-0.4, -0.2) is 41.0 Å². The third-order valence-electron chi connectivity index (χ3n) is 3.19. The van der Waals surface area contributed by atoms with Crippen LogP contribution in [0.2, 0.25) is 0 Å². The second kappa shape index (κ2) is 5.80. The number of hydrogen-bond donors (Lipinski definition) is 1. The number of nitrogens with one attached hydrogen (secondary N) is 1. The third-order valence-corrected chi connectivity index (χ3v) is 3.19. The summed E-state index contributed by atoms with van der Waals surface area (Å²) < 4.78 is 0. The molecule has 2 rings (SSSR count). The molecule has 0 bridgehead atoms. The molecule has 1 aliphatic heterocycles. The Morgan fingerprint density at radius 2 is 2.25 bits per heavy atom. The van der Waals surface area contributed by atoms with E-state index < -0.39 is 0 Å². The van der Waals surface area contributed by atoms with Crippen molar-refractivity contribution in [1.82, 2.24) is 14.9 Å². The first-order chi connectivity index (χ1) is 7.84. The monoisotopic (exact) mass is 220 g/mol. The third kappa shape index (κ3) is 3.45. The first-order valence-corrected chi connectivity index (χ1v) is 6.07. The molecule has 16 heavy (non-hydrogen) atoms. The minimum atomic E-state index is 0.908. The molecule has 0 saturated carbocycles. The lowest BCUT2D eigenvalue weighted by molar-refractivity contribution is 0.199. The highest BCUT2D eigenvalue weighted by Gasteiger charge is 2.14. The van der Waals surface area contributed by atoms with Crippen molar-refractivity contribution >= 4 is 5.82 Å². The van der Waals surface area contributed by atoms with Gasteiger partial charge in [0.2, 0.25) is 0 Å². The van der Waals surface area contributed by atoms with Crippen molar-refractivity contribution in [2.24, 2.45) is 5.92 Å². The van der Waals surface area contributed by atoms with Gasteiger partial charge in [-0.25, -0.2) is 9.97 Å². The van der Waals surface area contributed by atoms with Gasteiger partial charge in [0.1, 0.15) is 12.1 Å². The Morgan fingerprint density at radius 1 is 1.44 bits per heavy atom. The van der Waals surface area contributed by atoms with E-state index in [1.165, 1.54) is 25.9 Å². The van der Waals surface area contributed by atoms with E-state index in [0.717, 1.165) is 24.8 Å². The average Bonchev–Trinajstić information content (AvgIpc) is 2.33. The summed E-state index contributed by atoms with van der Waals surface area (Å²) in [6.07, 6.45) is 6.02. The quantitative estimate of drug-likeness (QED) is 0.837. The molecule has 0 aromatic carbocycles. The number of anilines is 1. The van der Waals surface area contributed by atoms with Crippen LogP contribution in [0.1, 0.15) is 19.8 Å². The summed E-state index contributed by atoms with van der Waals surface area (Å²) in [5, 5.41) is 3.31. The highest BCUT2D eigenvalue weighted by Crippen LogP contribution is 2.15. The molecule has 0 amide bonds. The Balaban J connectivity index is 1.65. The van der Waals surface area contributed by atoms with Crippen LogP contribution in [0.15, 0.2) is 18.6 Å². The van der Waals surface area contributed by atoms with Crippen molar-refractivity contribution in [3.8, 4) is 0 Å². The summed E-state index contributed by atoms with van der Waals surface area (Å²) in [7, 11) is 0. The van der Waals surface area contributed by atoms with E-state index >= 15 is 0 Å². The van der Waals surface area contributed by atoms with Crippen LogP contribution in [0.4, 0.5) is 5.82 Å². The van der Waals surface area contributed by atoms with Gasteiger partial charge < -0.3 is 10.2 Å². The van der Waals surface area contributed by atoms with Crippen LogP contribution >= 0.6 is 0 Å². The first-order valence-electron chi connectivity index (χ1n) is 6.07. The molecule has 1 fully saturated rings. The van der Waals surface area contributed by atoms with E-state index in [1.807, 2.05) is 6.07 Å². The second-order valence-electron chi connectivity index (χ2n) is 4.55. The van der Waals surface area contributed by atoms with E-state index in [2.05, 4.69) is 27.1 Å². The number of likely N-dealkylation sites (tertiary alicyclic amines) is 1. The molecule has 0 atom stereocenters. The van der Waals surface area contributed by atoms with Crippen molar-refractivity contribution in [3.63, 3.8) is 0 Å². The Kier molecular flexibility index (Phi) is 4.10. The SMILES string of the molecule is CC1CCN(CCNc2ccncn2)CC1. The van der Waals surface area contributed by atoms with Gasteiger partial charge in [-0.1, -0.05) is 6.92 Å². The maximum atomic E-state index is 4.13. The molecule has 1 saturated heterocycles. The number of hydrogen-bond acceptors (Lipinski definition) is 4. The molecule has 88 valence electrons. The summed E-state index contributed by atoms with van der Waals surface area (Å²) in [6, 6.07) is 1.90. The lowest BCUT2D eigenvalue weighted by atomic mass is 9.99. The van der Waals surface area contributed by atoms with Gasteiger partial charge in [0.05, 0.1) is 0 Å². The number of nitrogens with zero attached hydrogens (tertiary/aromatic N) is 3. The van der Waals surface area contributed by atoms with Crippen molar-refractivity contribution < 1.29 is 0 Å². The normalized spacial score (nSPS) is 18.6. The lowest BCUT2D eigenvalue weighted by Gasteiger charge is -2.30. The van der Waals surface area contributed by atoms with Gasteiger partial charge in [-0.2, -0.15) is 0 Å². The zero-order valence-corrected chi connectivity index (χ0v) is 9.89. The predicted molar refractivity (Wildman–Crippen MR) is 65.4 cm³/mol. The zero-order valence-electron chi connectivity index (χ0n) is 9.89. The molecular weight excluding hydrogens is 200 g/mol. The second-order valence-corrected chi connectivity index (χ2v) is 4.55. The van der Waals surface area contributed by atoms with E-state index in [-0.39, 0.29) is 0 Å². The fourth-order valence-electron chi connectivity index (χ4n) is 2.02. The molecule has 0 unspecified atom stereocenters. The van der Waals surface area contributed by atoms with Crippen molar-refractivity contribution in [2.75, 3.05) is 31.5 Å². The molecule has 1 aromatic heterocycles. The van der Waals surface area contributed by atoms with Gasteiger partial charge in [0.25, 0.3) is 0 Å². The van der Waals surface area contributed by atoms with E-state index in [0.29, 0.717) is 0 Å². The van der Waals surface area contributed by atoms with Gasteiger partial charge in [-0.3, -0.25) is 0 Å². The van der Waals surface area contributed by atoms with Crippen LogP contribution in [-0.2, 0) is 0 Å². The summed E-state index contributed by atoms with van der Waals surface area (Å²) in [5.74, 6) is 1.83. The van der Waals surface area contributed by atoms with Gasteiger partial charge in [0, 0.05) is 19.3 Å². The minimum Gasteiger partial charge on any atom is -0.369 e. The van der Waals surface area contributed by atoms with Gasteiger partial charge in [-0.15, -0.1) is 0 Å². The maximum absolute atomic E-state index is 4.13. The smallest absolute Gasteiger partial charge is 0.129 e. The minimum absolute atomic E-state index is 0.908. The standard InChI is InChI=1S/C12H20N4/c1-11-3-7-16(8-4-11)9-6-14-12-2-5-13-10-15-12/h2,5,10-11H,3-4,6-9H2,1H3,(H,13,14,15). The Morgan fingerprint density at radius 3 is 2.94 bits per heavy atom. The van der Waals surface area contributed by atoms with Crippen LogP contribution < -0.4 is 5.32 Å². The average molecular weight is 220 g/mol. The van der Waals surface area contributed by atoms with Gasteiger partial charge in [0.15, 0.2) is 0 Å². The topological polar surface area (TPSA) is 41.0 Å². The fourth-order valence-corrected chi connectivity index (χ4v) is 2.02. The predicted octanol–water partition coefficient (Wildman–Crippen LogP) is 1.62. The van der Waals surface area contributed by atoms with E-state index in [9.17, 15) is 0 Å². The van der Waals surface area contributed by atoms with Crippen molar-refractivity contribution in [3.05, 3.63) is 18.6 Å². The molecule has 2 heterocycles. The summed E-state index contributed by atoms with van der Waals surface area (Å²) in [4.78, 5) is 10.5. The molecule has 4 nitrogen and oxygen atoms in total. The van der Waals surface area contributed by atoms with E-state index in [1.54, 1.807) is 12.5 Å². The Hall–Kier alpha value is -1.16. The molecule has 0 radical (unpaired) electrons. The lowest BCUT2D eigenvalue weighted by Crippen LogP contribution is -2.36. The Bertz CT molecular complexity index is 293. The summed E-state index contributed by atoms with van der Waals surface area (Å²) in [5.41, 5.74) is 0. The molecule has 1 aliphatic rings. The van der Waals surface area contributed by atoms with Crippen molar-refractivity contribution in [2.45, 2.75) is 19.8 Å². The van der Waals surface area contributed by atoms with Crippen LogP contribution in [0.3, 0.4) is 0 Å². The molecular formula is C12H20N4. The number of rotatable bonds is 4.